The number of nitrogens with one attached hydrogen (secondary N) is 1. The van der Waals surface area contributed by atoms with Gasteiger partial charge in [0, 0.05) is 0 Å². The Hall–Kier alpha value is -3.02. The third kappa shape index (κ3) is 3.79. The number of hydrazone groups is 1. The molecular weight excluding hydrogens is 296 g/mol. The first-order chi connectivity index (χ1) is 11.2. The van der Waals surface area contributed by atoms with E-state index in [9.17, 15) is 4.79 Å². The first kappa shape index (κ1) is 14.9. The molecule has 1 N–H and O–H groups in total. The first-order valence-corrected chi connectivity index (χ1v) is 7.16. The van der Waals surface area contributed by atoms with Crippen molar-refractivity contribution in [1.82, 2.24) is 5.43 Å². The van der Waals surface area contributed by atoms with Crippen LogP contribution in [0.25, 0.3) is 6.08 Å². The van der Waals surface area contributed by atoms with Crippen molar-refractivity contribution in [2.75, 3.05) is 6.61 Å². The van der Waals surface area contributed by atoms with Crippen LogP contribution in [0.3, 0.4) is 0 Å². The molecule has 0 aliphatic carbocycles. The SMILES string of the molecule is CC(/C=C/c1ccco1)=N/NC(=O)[C@@H]1COc2ccccc2O1. The van der Waals surface area contributed by atoms with E-state index in [1.54, 1.807) is 43.5 Å². The Bertz CT molecular complexity index is 735. The van der Waals surface area contributed by atoms with Crippen LogP contribution in [0.2, 0.25) is 0 Å². The van der Waals surface area contributed by atoms with E-state index in [2.05, 4.69) is 10.5 Å². The molecule has 23 heavy (non-hydrogen) atoms. The highest BCUT2D eigenvalue weighted by Gasteiger charge is 2.26. The van der Waals surface area contributed by atoms with Crippen molar-refractivity contribution in [2.45, 2.75) is 13.0 Å². The van der Waals surface area contributed by atoms with Crippen LogP contribution in [-0.4, -0.2) is 24.3 Å². The Labute approximate surface area is 133 Å². The Morgan fingerprint density at radius 3 is 2.87 bits per heavy atom. The molecule has 1 aliphatic rings. The minimum atomic E-state index is -0.726. The second-order valence-electron chi connectivity index (χ2n) is 4.94. The molecule has 1 aromatic heterocycles. The van der Waals surface area contributed by atoms with Crippen molar-refractivity contribution in [3.63, 3.8) is 0 Å². The Balaban J connectivity index is 1.56. The molecule has 0 bridgehead atoms. The minimum absolute atomic E-state index is 0.152. The molecule has 2 aromatic rings. The number of furan rings is 1. The van der Waals surface area contributed by atoms with Crippen molar-refractivity contribution in [2.24, 2.45) is 5.10 Å². The van der Waals surface area contributed by atoms with Crippen LogP contribution in [0.15, 0.2) is 58.3 Å². The highest BCUT2D eigenvalue weighted by Crippen LogP contribution is 2.30. The van der Waals surface area contributed by atoms with Gasteiger partial charge < -0.3 is 13.9 Å². The van der Waals surface area contributed by atoms with Crippen LogP contribution in [0.4, 0.5) is 0 Å². The zero-order chi connectivity index (χ0) is 16.1. The summed E-state index contributed by atoms with van der Waals surface area (Å²) in [5, 5.41) is 4.01. The number of carbonyl (C=O) groups is 1. The number of ether oxygens (including phenoxy) is 2. The van der Waals surface area contributed by atoms with Gasteiger partial charge in [-0.3, -0.25) is 4.79 Å². The quantitative estimate of drug-likeness (QED) is 0.696. The third-order valence-electron chi connectivity index (χ3n) is 3.18. The van der Waals surface area contributed by atoms with Gasteiger partial charge in [-0.15, -0.1) is 0 Å². The minimum Gasteiger partial charge on any atom is -0.485 e. The molecule has 3 rings (SSSR count). The van der Waals surface area contributed by atoms with Gasteiger partial charge in [0.15, 0.2) is 11.5 Å². The van der Waals surface area contributed by atoms with Crippen molar-refractivity contribution in [3.8, 4) is 11.5 Å². The van der Waals surface area contributed by atoms with Crippen molar-refractivity contribution >= 4 is 17.7 Å². The molecule has 0 saturated heterocycles. The van der Waals surface area contributed by atoms with Gasteiger partial charge in [0.2, 0.25) is 6.10 Å². The molecule has 0 spiro atoms. The van der Waals surface area contributed by atoms with Crippen LogP contribution in [0.1, 0.15) is 12.7 Å². The predicted molar refractivity (Wildman–Crippen MR) is 85.3 cm³/mol. The van der Waals surface area contributed by atoms with E-state index in [0.717, 1.165) is 0 Å². The second-order valence-corrected chi connectivity index (χ2v) is 4.94. The van der Waals surface area contributed by atoms with E-state index < -0.39 is 6.10 Å². The normalized spacial score (nSPS) is 17.3. The summed E-state index contributed by atoms with van der Waals surface area (Å²) in [6.07, 6.45) is 4.37. The summed E-state index contributed by atoms with van der Waals surface area (Å²) >= 11 is 0. The van der Waals surface area contributed by atoms with Crippen molar-refractivity contribution in [1.29, 1.82) is 0 Å². The topological polar surface area (TPSA) is 73.1 Å². The lowest BCUT2D eigenvalue weighted by Crippen LogP contribution is -2.42. The van der Waals surface area contributed by atoms with E-state index in [1.165, 1.54) is 0 Å². The molecule has 0 unspecified atom stereocenters. The molecule has 1 amide bonds. The van der Waals surface area contributed by atoms with Crippen LogP contribution in [-0.2, 0) is 4.79 Å². The van der Waals surface area contributed by atoms with Crippen molar-refractivity contribution in [3.05, 3.63) is 54.5 Å². The Morgan fingerprint density at radius 1 is 1.26 bits per heavy atom. The molecular formula is C17H16N2O4. The fraction of sp³-hybridized carbons (Fsp3) is 0.176. The van der Waals surface area contributed by atoms with Crippen molar-refractivity contribution < 1.29 is 18.7 Å². The largest absolute Gasteiger partial charge is 0.485 e. The summed E-state index contributed by atoms with van der Waals surface area (Å²) in [6.45, 7) is 1.92. The fourth-order valence-corrected chi connectivity index (χ4v) is 1.99. The average molecular weight is 312 g/mol. The molecule has 0 fully saturated rings. The van der Waals surface area contributed by atoms with Crippen LogP contribution in [0, 0.1) is 0 Å². The summed E-state index contributed by atoms with van der Waals surface area (Å²) in [6, 6.07) is 10.9. The van der Waals surface area contributed by atoms with Gasteiger partial charge in [0.25, 0.3) is 5.91 Å². The summed E-state index contributed by atoms with van der Waals surface area (Å²) in [7, 11) is 0. The van der Waals surface area contributed by atoms with Gasteiger partial charge in [-0.2, -0.15) is 5.10 Å². The number of para-hydroxylation sites is 2. The number of amides is 1. The lowest BCUT2D eigenvalue weighted by atomic mass is 10.2. The van der Waals surface area contributed by atoms with Gasteiger partial charge in [0.1, 0.15) is 12.4 Å². The molecule has 1 atom stereocenters. The number of carbonyl (C=O) groups excluding carboxylic acids is 1. The maximum Gasteiger partial charge on any atom is 0.284 e. The second kappa shape index (κ2) is 6.83. The van der Waals surface area contributed by atoms with E-state index in [1.807, 2.05) is 18.2 Å². The third-order valence-corrected chi connectivity index (χ3v) is 3.18. The van der Waals surface area contributed by atoms with E-state index in [0.29, 0.717) is 23.0 Å². The van der Waals surface area contributed by atoms with Crippen LogP contribution in [0.5, 0.6) is 11.5 Å². The van der Waals surface area contributed by atoms with Crippen LogP contribution < -0.4 is 14.9 Å². The Morgan fingerprint density at radius 2 is 2.09 bits per heavy atom. The van der Waals surface area contributed by atoms with Gasteiger partial charge in [0.05, 0.1) is 12.0 Å². The molecule has 6 heteroatoms. The highest BCUT2D eigenvalue weighted by atomic mass is 16.6. The number of hydrogen-bond acceptors (Lipinski definition) is 5. The van der Waals surface area contributed by atoms with Gasteiger partial charge >= 0.3 is 0 Å². The van der Waals surface area contributed by atoms with Gasteiger partial charge in [-0.05, 0) is 43.3 Å². The summed E-state index contributed by atoms with van der Waals surface area (Å²) in [5.41, 5.74) is 3.11. The van der Waals surface area contributed by atoms with Gasteiger partial charge in [-0.1, -0.05) is 12.1 Å². The summed E-state index contributed by atoms with van der Waals surface area (Å²) < 4.78 is 16.3. The summed E-state index contributed by atoms with van der Waals surface area (Å²) in [5.74, 6) is 1.55. The van der Waals surface area contributed by atoms with Gasteiger partial charge in [-0.25, -0.2) is 5.43 Å². The number of fused-ring (bicyclic) bond motifs is 1. The zero-order valence-electron chi connectivity index (χ0n) is 12.6. The maximum atomic E-state index is 12.1. The molecule has 1 aromatic carbocycles. The molecule has 0 saturated carbocycles. The molecule has 118 valence electrons. The fourth-order valence-electron chi connectivity index (χ4n) is 1.99. The number of nitrogens with zero attached hydrogens (tertiary/aromatic N) is 1. The molecule has 2 heterocycles. The highest BCUT2D eigenvalue weighted by molar-refractivity contribution is 5.97. The number of allylic oxidation sites excluding steroid dienone is 1. The van der Waals surface area contributed by atoms with E-state index >= 15 is 0 Å². The molecule has 6 nitrogen and oxygen atoms in total. The molecule has 0 radical (unpaired) electrons. The van der Waals surface area contributed by atoms with E-state index in [-0.39, 0.29) is 12.5 Å². The van der Waals surface area contributed by atoms with Crippen LogP contribution >= 0.6 is 0 Å². The molecule has 1 aliphatic heterocycles. The average Bonchev–Trinajstić information content (AvgIpc) is 3.11. The number of hydrogen-bond donors (Lipinski definition) is 1. The number of benzene rings is 1. The predicted octanol–water partition coefficient (Wildman–Crippen LogP) is 2.62. The lowest BCUT2D eigenvalue weighted by molar-refractivity contribution is -0.130. The van der Waals surface area contributed by atoms with E-state index in [4.69, 9.17) is 13.9 Å². The first-order valence-electron chi connectivity index (χ1n) is 7.16. The smallest absolute Gasteiger partial charge is 0.284 e. The lowest BCUT2D eigenvalue weighted by Gasteiger charge is -2.24. The summed E-state index contributed by atoms with van der Waals surface area (Å²) in [4.78, 5) is 12.1. The maximum absolute atomic E-state index is 12.1. The standard InChI is InChI=1S/C17H16N2O4/c1-12(8-9-13-5-4-10-21-13)18-19-17(20)16-11-22-14-6-2-3-7-15(14)23-16/h2-10,16H,11H2,1H3,(H,19,20)/b9-8+,18-12-/t16-/m0/s1. The Kier molecular flexibility index (Phi) is 4.42. The monoisotopic (exact) mass is 312 g/mol. The zero-order valence-corrected chi connectivity index (χ0v) is 12.6. The number of rotatable bonds is 4.